The van der Waals surface area contributed by atoms with E-state index in [2.05, 4.69) is 20.3 Å². The van der Waals surface area contributed by atoms with Gasteiger partial charge in [0.25, 0.3) is 0 Å². The Morgan fingerprint density at radius 3 is 2.28 bits per heavy atom. The van der Waals surface area contributed by atoms with Crippen LogP contribution >= 0.6 is 0 Å². The molecule has 0 amide bonds. The van der Waals surface area contributed by atoms with Crippen molar-refractivity contribution in [3.05, 3.63) is 65.0 Å². The number of guanidine groups is 1. The highest BCUT2D eigenvalue weighted by molar-refractivity contribution is 7.89. The fraction of sp³-hybridized carbons (Fsp3) is 0.350. The Labute approximate surface area is 171 Å². The summed E-state index contributed by atoms with van der Waals surface area (Å²) in [5, 5.41) is 6.27. The van der Waals surface area contributed by atoms with Crippen LogP contribution in [0, 0.1) is 12.7 Å². The molecule has 0 fully saturated rings. The topological polar surface area (TPSA) is 91.8 Å². The fourth-order valence-corrected chi connectivity index (χ4v) is 3.50. The van der Waals surface area contributed by atoms with Crippen LogP contribution in [-0.4, -0.2) is 41.7 Å². The standard InChI is InChI=1S/C20H27FN4O3S/c1-15-4-5-17(12-19(15)21)14-24-20(22-2)23-13-16-6-8-18(9-7-16)29(26,27)25-10-11-28-3/h4-9,12,25H,10-11,13-14H2,1-3H3,(H2,22,23,24). The number of halogens is 1. The largest absolute Gasteiger partial charge is 0.383 e. The third kappa shape index (κ3) is 7.12. The Hall–Kier alpha value is -2.49. The Morgan fingerprint density at radius 1 is 1.07 bits per heavy atom. The van der Waals surface area contributed by atoms with Gasteiger partial charge in [-0.1, -0.05) is 24.3 Å². The molecule has 0 spiro atoms. The molecule has 0 aromatic heterocycles. The van der Waals surface area contributed by atoms with Crippen molar-refractivity contribution in [3.8, 4) is 0 Å². The summed E-state index contributed by atoms with van der Waals surface area (Å²) in [5.41, 5.74) is 2.31. The SMILES string of the molecule is CN=C(NCc1ccc(S(=O)(=O)NCCOC)cc1)NCc1ccc(C)c(F)c1. The van der Waals surface area contributed by atoms with Gasteiger partial charge >= 0.3 is 0 Å². The highest BCUT2D eigenvalue weighted by Crippen LogP contribution is 2.11. The highest BCUT2D eigenvalue weighted by Gasteiger charge is 2.13. The summed E-state index contributed by atoms with van der Waals surface area (Å²) in [7, 11) is -0.391. The summed E-state index contributed by atoms with van der Waals surface area (Å²) < 4.78 is 45.3. The van der Waals surface area contributed by atoms with E-state index in [9.17, 15) is 12.8 Å². The number of aryl methyl sites for hydroxylation is 1. The molecule has 0 atom stereocenters. The summed E-state index contributed by atoms with van der Waals surface area (Å²) in [4.78, 5) is 4.34. The third-order valence-electron chi connectivity index (χ3n) is 4.21. The number of hydrogen-bond donors (Lipinski definition) is 3. The second kappa shape index (κ2) is 10.9. The Balaban J connectivity index is 1.88. The van der Waals surface area contributed by atoms with E-state index in [1.165, 1.54) is 13.2 Å². The van der Waals surface area contributed by atoms with Crippen LogP contribution in [-0.2, 0) is 27.8 Å². The monoisotopic (exact) mass is 422 g/mol. The van der Waals surface area contributed by atoms with Gasteiger partial charge in [0.05, 0.1) is 11.5 Å². The van der Waals surface area contributed by atoms with E-state index < -0.39 is 10.0 Å². The van der Waals surface area contributed by atoms with E-state index in [0.29, 0.717) is 31.2 Å². The molecule has 0 saturated heterocycles. The number of benzene rings is 2. The molecule has 29 heavy (non-hydrogen) atoms. The Morgan fingerprint density at radius 2 is 1.69 bits per heavy atom. The van der Waals surface area contributed by atoms with Crippen LogP contribution in [0.15, 0.2) is 52.4 Å². The number of sulfonamides is 1. The van der Waals surface area contributed by atoms with E-state index in [4.69, 9.17) is 4.74 Å². The van der Waals surface area contributed by atoms with Crippen molar-refractivity contribution >= 4 is 16.0 Å². The van der Waals surface area contributed by atoms with Gasteiger partial charge in [0.1, 0.15) is 5.82 Å². The number of rotatable bonds is 9. The van der Waals surface area contributed by atoms with E-state index in [-0.39, 0.29) is 17.3 Å². The van der Waals surface area contributed by atoms with Crippen LogP contribution < -0.4 is 15.4 Å². The van der Waals surface area contributed by atoms with Gasteiger partial charge in [-0.3, -0.25) is 4.99 Å². The number of nitrogens with one attached hydrogen (secondary N) is 3. The highest BCUT2D eigenvalue weighted by atomic mass is 32.2. The van der Waals surface area contributed by atoms with Gasteiger partial charge in [-0.25, -0.2) is 17.5 Å². The molecule has 0 heterocycles. The molecule has 2 aromatic carbocycles. The molecule has 158 valence electrons. The molecular formula is C20H27FN4O3S. The van der Waals surface area contributed by atoms with E-state index in [1.54, 1.807) is 44.3 Å². The van der Waals surface area contributed by atoms with Crippen LogP contribution in [0.5, 0.6) is 0 Å². The molecule has 0 aliphatic carbocycles. The molecule has 3 N–H and O–H groups in total. The molecule has 9 heteroatoms. The Bertz CT molecular complexity index is 931. The average Bonchev–Trinajstić information content (AvgIpc) is 2.71. The molecule has 0 aliphatic rings. The second-order valence-corrected chi connectivity index (χ2v) is 8.16. The van der Waals surface area contributed by atoms with Gasteiger partial charge in [0, 0.05) is 33.8 Å². The molecule has 0 bridgehead atoms. The number of aliphatic imine (C=N–C) groups is 1. The van der Waals surface area contributed by atoms with Crippen molar-refractivity contribution in [2.24, 2.45) is 4.99 Å². The maximum atomic E-state index is 13.6. The predicted octanol–water partition coefficient (Wildman–Crippen LogP) is 1.92. The molecule has 0 aliphatic heterocycles. The van der Waals surface area contributed by atoms with Gasteiger partial charge in [0.2, 0.25) is 10.0 Å². The zero-order valence-electron chi connectivity index (χ0n) is 16.8. The van der Waals surface area contributed by atoms with Crippen LogP contribution in [0.25, 0.3) is 0 Å². The minimum Gasteiger partial charge on any atom is -0.383 e. The van der Waals surface area contributed by atoms with Crippen molar-refractivity contribution in [1.82, 2.24) is 15.4 Å². The van der Waals surface area contributed by atoms with Gasteiger partial charge in [-0.15, -0.1) is 0 Å². The molecule has 2 rings (SSSR count). The van der Waals surface area contributed by atoms with Crippen LogP contribution in [0.3, 0.4) is 0 Å². The van der Waals surface area contributed by atoms with Gasteiger partial charge in [0.15, 0.2) is 5.96 Å². The summed E-state index contributed by atoms with van der Waals surface area (Å²) in [6.45, 7) is 3.14. The normalized spacial score (nSPS) is 12.1. The van der Waals surface area contributed by atoms with E-state index >= 15 is 0 Å². The lowest BCUT2D eigenvalue weighted by Gasteiger charge is -2.13. The lowest BCUT2D eigenvalue weighted by molar-refractivity contribution is 0.204. The summed E-state index contributed by atoms with van der Waals surface area (Å²) in [5.74, 6) is 0.322. The van der Waals surface area contributed by atoms with E-state index in [0.717, 1.165) is 11.1 Å². The van der Waals surface area contributed by atoms with Crippen molar-refractivity contribution < 1.29 is 17.5 Å². The maximum absolute atomic E-state index is 13.6. The van der Waals surface area contributed by atoms with E-state index in [1.807, 2.05) is 6.07 Å². The first-order valence-electron chi connectivity index (χ1n) is 9.13. The molecule has 0 saturated carbocycles. The Kier molecular flexibility index (Phi) is 8.56. The minimum absolute atomic E-state index is 0.196. The molecular weight excluding hydrogens is 395 g/mol. The average molecular weight is 423 g/mol. The minimum atomic E-state index is -3.55. The predicted molar refractivity (Wildman–Crippen MR) is 112 cm³/mol. The number of ether oxygens (including phenoxy) is 1. The molecule has 2 aromatic rings. The van der Waals surface area contributed by atoms with Crippen molar-refractivity contribution in [1.29, 1.82) is 0 Å². The van der Waals surface area contributed by atoms with Crippen molar-refractivity contribution in [2.75, 3.05) is 27.3 Å². The molecule has 0 radical (unpaired) electrons. The molecule has 0 unspecified atom stereocenters. The van der Waals surface area contributed by atoms with Crippen LogP contribution in [0.2, 0.25) is 0 Å². The van der Waals surface area contributed by atoms with Gasteiger partial charge in [-0.05, 0) is 41.8 Å². The quantitative estimate of drug-likeness (QED) is 0.326. The smallest absolute Gasteiger partial charge is 0.240 e. The lowest BCUT2D eigenvalue weighted by atomic mass is 10.1. The third-order valence-corrected chi connectivity index (χ3v) is 5.69. The summed E-state index contributed by atoms with van der Waals surface area (Å²) in [6.07, 6.45) is 0. The van der Waals surface area contributed by atoms with Gasteiger partial charge < -0.3 is 15.4 Å². The van der Waals surface area contributed by atoms with Crippen molar-refractivity contribution in [3.63, 3.8) is 0 Å². The molecule has 7 nitrogen and oxygen atoms in total. The zero-order valence-corrected chi connectivity index (χ0v) is 17.6. The first-order valence-corrected chi connectivity index (χ1v) is 10.6. The number of nitrogens with zero attached hydrogens (tertiary/aromatic N) is 1. The lowest BCUT2D eigenvalue weighted by Crippen LogP contribution is -2.36. The first kappa shape index (κ1) is 22.8. The summed E-state index contributed by atoms with van der Waals surface area (Å²) in [6, 6.07) is 11.7. The maximum Gasteiger partial charge on any atom is 0.240 e. The summed E-state index contributed by atoms with van der Waals surface area (Å²) >= 11 is 0. The van der Waals surface area contributed by atoms with Crippen molar-refractivity contribution in [2.45, 2.75) is 24.9 Å². The number of hydrogen-bond acceptors (Lipinski definition) is 4. The zero-order chi connectivity index (χ0) is 21.3. The number of methoxy groups -OCH3 is 1. The van der Waals surface area contributed by atoms with Gasteiger partial charge in [-0.2, -0.15) is 0 Å². The van der Waals surface area contributed by atoms with Crippen LogP contribution in [0.4, 0.5) is 4.39 Å². The fourth-order valence-electron chi connectivity index (χ4n) is 2.49. The second-order valence-electron chi connectivity index (χ2n) is 6.40. The first-order chi connectivity index (χ1) is 13.9. The van der Waals surface area contributed by atoms with Crippen LogP contribution in [0.1, 0.15) is 16.7 Å².